The predicted molar refractivity (Wildman–Crippen MR) is 96.4 cm³/mol. The van der Waals surface area contributed by atoms with E-state index in [1.54, 1.807) is 0 Å². The molecule has 1 aromatic rings. The molecule has 3 rings (SSSR count). The smallest absolute Gasteiger partial charge is 0.217 e. The highest BCUT2D eigenvalue weighted by atomic mass is 79.9. The van der Waals surface area contributed by atoms with Crippen LogP contribution in [0.5, 0.6) is 0 Å². The second-order valence-electron chi connectivity index (χ2n) is 6.78. The van der Waals surface area contributed by atoms with Gasteiger partial charge < -0.3 is 9.47 Å². The summed E-state index contributed by atoms with van der Waals surface area (Å²) in [6, 6.07) is 6.49. The number of rotatable bonds is 4. The van der Waals surface area contributed by atoms with Crippen molar-refractivity contribution in [3.8, 4) is 0 Å². The van der Waals surface area contributed by atoms with Crippen LogP contribution in [0.1, 0.15) is 38.8 Å². The number of nitrogens with zero attached hydrogens (tertiary/aromatic N) is 2. The SMILES string of the molecule is CC(C)[C@H]1COC(c2cccc(C3=N[C@@H](C(C)C)CO3)c2Br)=N1. The molecule has 124 valence electrons. The fourth-order valence-electron chi connectivity index (χ4n) is 2.62. The van der Waals surface area contributed by atoms with Crippen molar-refractivity contribution < 1.29 is 9.47 Å². The van der Waals surface area contributed by atoms with E-state index in [1.165, 1.54) is 0 Å². The van der Waals surface area contributed by atoms with Gasteiger partial charge in [-0.25, -0.2) is 9.98 Å². The van der Waals surface area contributed by atoms with Crippen LogP contribution in [0.3, 0.4) is 0 Å². The van der Waals surface area contributed by atoms with E-state index in [0.717, 1.165) is 15.6 Å². The van der Waals surface area contributed by atoms with Gasteiger partial charge in [0.15, 0.2) is 0 Å². The summed E-state index contributed by atoms with van der Waals surface area (Å²) in [5.41, 5.74) is 1.93. The van der Waals surface area contributed by atoms with Crippen molar-refractivity contribution in [2.75, 3.05) is 13.2 Å². The topological polar surface area (TPSA) is 43.2 Å². The van der Waals surface area contributed by atoms with Gasteiger partial charge in [0, 0.05) is 4.47 Å². The van der Waals surface area contributed by atoms with Gasteiger partial charge in [-0.3, -0.25) is 0 Å². The zero-order valence-electron chi connectivity index (χ0n) is 14.0. The van der Waals surface area contributed by atoms with Crippen molar-refractivity contribution in [2.24, 2.45) is 21.8 Å². The minimum absolute atomic E-state index is 0.228. The van der Waals surface area contributed by atoms with Crippen molar-refractivity contribution in [1.29, 1.82) is 0 Å². The Bertz CT molecular complexity index is 600. The maximum atomic E-state index is 5.81. The predicted octanol–water partition coefficient (Wildman–Crippen LogP) is 4.05. The lowest BCUT2D eigenvalue weighted by Crippen LogP contribution is -2.13. The third kappa shape index (κ3) is 3.30. The largest absolute Gasteiger partial charge is 0.475 e. The van der Waals surface area contributed by atoms with E-state index in [-0.39, 0.29) is 12.1 Å². The van der Waals surface area contributed by atoms with Gasteiger partial charge in [-0.1, -0.05) is 33.8 Å². The highest BCUT2D eigenvalue weighted by Crippen LogP contribution is 2.29. The number of halogens is 1. The molecule has 2 atom stereocenters. The lowest BCUT2D eigenvalue weighted by molar-refractivity contribution is 0.291. The summed E-state index contributed by atoms with van der Waals surface area (Å²) in [5.74, 6) is 2.36. The summed E-state index contributed by atoms with van der Waals surface area (Å²) >= 11 is 3.69. The molecule has 1 aromatic carbocycles. The van der Waals surface area contributed by atoms with E-state index in [4.69, 9.17) is 19.5 Å². The molecule has 0 spiro atoms. The zero-order valence-corrected chi connectivity index (χ0v) is 15.6. The van der Waals surface area contributed by atoms with Crippen LogP contribution in [0, 0.1) is 11.8 Å². The minimum Gasteiger partial charge on any atom is -0.475 e. The van der Waals surface area contributed by atoms with Gasteiger partial charge in [-0.05, 0) is 39.9 Å². The van der Waals surface area contributed by atoms with Gasteiger partial charge >= 0.3 is 0 Å². The third-order valence-corrected chi connectivity index (χ3v) is 5.20. The summed E-state index contributed by atoms with van der Waals surface area (Å²) in [6.45, 7) is 9.96. The fraction of sp³-hybridized carbons (Fsp3) is 0.556. The van der Waals surface area contributed by atoms with E-state index < -0.39 is 0 Å². The van der Waals surface area contributed by atoms with Gasteiger partial charge in [-0.15, -0.1) is 0 Å². The normalized spacial score (nSPS) is 23.8. The number of aliphatic imine (C=N–C) groups is 2. The second kappa shape index (κ2) is 6.63. The van der Waals surface area contributed by atoms with E-state index in [1.807, 2.05) is 18.2 Å². The van der Waals surface area contributed by atoms with Crippen LogP contribution in [0.25, 0.3) is 0 Å². The highest BCUT2D eigenvalue weighted by Gasteiger charge is 2.28. The second-order valence-corrected chi connectivity index (χ2v) is 7.57. The summed E-state index contributed by atoms with van der Waals surface area (Å²) in [5, 5.41) is 0. The monoisotopic (exact) mass is 378 g/mol. The van der Waals surface area contributed by atoms with Crippen LogP contribution in [0.2, 0.25) is 0 Å². The molecule has 4 nitrogen and oxygen atoms in total. The van der Waals surface area contributed by atoms with Crippen LogP contribution < -0.4 is 0 Å². The Balaban J connectivity index is 1.91. The molecule has 0 unspecified atom stereocenters. The maximum absolute atomic E-state index is 5.81. The lowest BCUT2D eigenvalue weighted by atomic mass is 10.1. The maximum Gasteiger partial charge on any atom is 0.217 e. The van der Waals surface area contributed by atoms with Gasteiger partial charge in [0.25, 0.3) is 0 Å². The average Bonchev–Trinajstić information content (AvgIpc) is 3.17. The molecule has 0 N–H and O–H groups in total. The number of ether oxygens (including phenoxy) is 2. The Labute approximate surface area is 146 Å². The zero-order chi connectivity index (χ0) is 16.6. The van der Waals surface area contributed by atoms with Crippen molar-refractivity contribution in [1.82, 2.24) is 0 Å². The first-order valence-electron chi connectivity index (χ1n) is 8.17. The molecule has 23 heavy (non-hydrogen) atoms. The molecule has 0 bridgehead atoms. The number of hydrogen-bond acceptors (Lipinski definition) is 4. The Morgan fingerprint density at radius 1 is 0.913 bits per heavy atom. The van der Waals surface area contributed by atoms with Gasteiger partial charge in [-0.2, -0.15) is 0 Å². The molecule has 0 saturated carbocycles. The van der Waals surface area contributed by atoms with Crippen LogP contribution >= 0.6 is 15.9 Å². The van der Waals surface area contributed by atoms with Gasteiger partial charge in [0.2, 0.25) is 11.8 Å². The Morgan fingerprint density at radius 2 is 1.35 bits per heavy atom. The molecule has 2 heterocycles. The standard InChI is InChI=1S/C18H23BrN2O2/c1-10(2)14-8-22-17(20-14)12-6-5-7-13(16(12)19)18-21-15(9-23-18)11(3)4/h5-7,10-11,14-15H,8-9H2,1-4H3/t14-,15-/m1/s1. The van der Waals surface area contributed by atoms with E-state index in [9.17, 15) is 0 Å². The molecule has 0 amide bonds. The van der Waals surface area contributed by atoms with Gasteiger partial charge in [0.1, 0.15) is 13.2 Å². The molecule has 2 aliphatic rings. The van der Waals surface area contributed by atoms with Crippen molar-refractivity contribution >= 4 is 27.7 Å². The Hall–Kier alpha value is -1.36. The first-order valence-corrected chi connectivity index (χ1v) is 8.97. The Kier molecular flexibility index (Phi) is 4.76. The molecule has 0 aromatic heterocycles. The third-order valence-electron chi connectivity index (χ3n) is 4.35. The molecule has 2 aliphatic heterocycles. The lowest BCUT2D eigenvalue weighted by Gasteiger charge is -2.09. The highest BCUT2D eigenvalue weighted by molar-refractivity contribution is 9.10. The molecular weight excluding hydrogens is 356 g/mol. The van der Waals surface area contributed by atoms with Crippen molar-refractivity contribution in [2.45, 2.75) is 39.8 Å². The van der Waals surface area contributed by atoms with Crippen LogP contribution in [-0.4, -0.2) is 37.1 Å². The number of benzene rings is 1. The molecular formula is C18H23BrN2O2. The number of hydrogen-bond donors (Lipinski definition) is 0. The average molecular weight is 379 g/mol. The molecule has 0 radical (unpaired) electrons. The van der Waals surface area contributed by atoms with E-state index >= 15 is 0 Å². The van der Waals surface area contributed by atoms with Gasteiger partial charge in [0.05, 0.1) is 23.2 Å². The van der Waals surface area contributed by atoms with Crippen LogP contribution in [0.4, 0.5) is 0 Å². The summed E-state index contributed by atoms with van der Waals surface area (Å²) in [7, 11) is 0. The van der Waals surface area contributed by atoms with Crippen LogP contribution in [0.15, 0.2) is 32.7 Å². The van der Waals surface area contributed by atoms with Crippen molar-refractivity contribution in [3.63, 3.8) is 0 Å². The molecule has 0 saturated heterocycles. The first-order chi connectivity index (χ1) is 11.0. The molecule has 0 fully saturated rings. The van der Waals surface area contributed by atoms with Crippen molar-refractivity contribution in [3.05, 3.63) is 33.8 Å². The molecule has 5 heteroatoms. The van der Waals surface area contributed by atoms with Crippen LogP contribution in [-0.2, 0) is 9.47 Å². The summed E-state index contributed by atoms with van der Waals surface area (Å²) in [4.78, 5) is 9.43. The summed E-state index contributed by atoms with van der Waals surface area (Å²) < 4.78 is 12.6. The Morgan fingerprint density at radius 3 is 1.70 bits per heavy atom. The summed E-state index contributed by atoms with van der Waals surface area (Å²) in [6.07, 6.45) is 0. The quantitative estimate of drug-likeness (QED) is 0.792. The molecule has 0 aliphatic carbocycles. The first kappa shape index (κ1) is 16.5. The fourth-order valence-corrected chi connectivity index (χ4v) is 3.22. The van der Waals surface area contributed by atoms with E-state index in [2.05, 4.69) is 43.6 Å². The van der Waals surface area contributed by atoms with E-state index in [0.29, 0.717) is 36.8 Å². The minimum atomic E-state index is 0.228.